The molecule has 1 nitrogen and oxygen atoms in total. The van der Waals surface area contributed by atoms with Crippen molar-refractivity contribution in [2.24, 2.45) is 5.92 Å². The Morgan fingerprint density at radius 3 is 2.50 bits per heavy atom. The second-order valence-electron chi connectivity index (χ2n) is 4.39. The predicted octanol–water partition coefficient (Wildman–Crippen LogP) is 4.32. The lowest BCUT2D eigenvalue weighted by molar-refractivity contribution is 0.606. The highest BCUT2D eigenvalue weighted by atomic mass is 79.9. The molecule has 0 amide bonds. The molecular formula is C14H22BrN. The van der Waals surface area contributed by atoms with E-state index < -0.39 is 0 Å². The standard InChI is InChI=1S/C14H22BrN/c1-3-4-10-16(12-13(2)11-15)14-8-6-5-7-9-14/h5-9,13H,3-4,10-12H2,1-2H3. The maximum absolute atomic E-state index is 3.56. The van der Waals surface area contributed by atoms with Crippen LogP contribution in [0.15, 0.2) is 30.3 Å². The fourth-order valence-electron chi connectivity index (χ4n) is 1.74. The summed E-state index contributed by atoms with van der Waals surface area (Å²) in [6, 6.07) is 10.7. The highest BCUT2D eigenvalue weighted by Crippen LogP contribution is 2.16. The van der Waals surface area contributed by atoms with Crippen LogP contribution in [-0.2, 0) is 0 Å². The summed E-state index contributed by atoms with van der Waals surface area (Å²) in [4.78, 5) is 2.50. The van der Waals surface area contributed by atoms with Gasteiger partial charge in [-0.15, -0.1) is 0 Å². The third kappa shape index (κ3) is 4.56. The molecule has 0 aliphatic heterocycles. The molecule has 0 fully saturated rings. The van der Waals surface area contributed by atoms with Crippen LogP contribution in [0.5, 0.6) is 0 Å². The van der Waals surface area contributed by atoms with E-state index in [2.05, 4.69) is 65.0 Å². The van der Waals surface area contributed by atoms with Crippen LogP contribution in [0.25, 0.3) is 0 Å². The minimum absolute atomic E-state index is 0.692. The van der Waals surface area contributed by atoms with E-state index in [9.17, 15) is 0 Å². The maximum Gasteiger partial charge on any atom is 0.0366 e. The molecule has 0 aliphatic carbocycles. The van der Waals surface area contributed by atoms with Crippen molar-refractivity contribution in [2.75, 3.05) is 23.3 Å². The van der Waals surface area contributed by atoms with E-state index in [1.54, 1.807) is 0 Å². The minimum atomic E-state index is 0.692. The Bertz CT molecular complexity index is 273. The second-order valence-corrected chi connectivity index (χ2v) is 5.04. The number of para-hydroxylation sites is 1. The van der Waals surface area contributed by atoms with Gasteiger partial charge in [-0.05, 0) is 24.5 Å². The summed E-state index contributed by atoms with van der Waals surface area (Å²) in [5.41, 5.74) is 1.35. The van der Waals surface area contributed by atoms with Gasteiger partial charge in [0.25, 0.3) is 0 Å². The van der Waals surface area contributed by atoms with Crippen molar-refractivity contribution in [3.63, 3.8) is 0 Å². The number of benzene rings is 1. The first kappa shape index (κ1) is 13.6. The van der Waals surface area contributed by atoms with Gasteiger partial charge in [0, 0.05) is 24.1 Å². The fraction of sp³-hybridized carbons (Fsp3) is 0.571. The number of alkyl halides is 1. The lowest BCUT2D eigenvalue weighted by Gasteiger charge is -2.27. The van der Waals surface area contributed by atoms with Gasteiger partial charge in [-0.3, -0.25) is 0 Å². The largest absolute Gasteiger partial charge is 0.371 e. The molecule has 2 heteroatoms. The maximum atomic E-state index is 3.56. The van der Waals surface area contributed by atoms with E-state index in [1.807, 2.05) is 0 Å². The zero-order chi connectivity index (χ0) is 11.8. The first-order chi connectivity index (χ1) is 7.77. The van der Waals surface area contributed by atoms with E-state index in [-0.39, 0.29) is 0 Å². The van der Waals surface area contributed by atoms with Gasteiger partial charge in [0.15, 0.2) is 0 Å². The molecule has 0 saturated carbocycles. The number of rotatable bonds is 7. The van der Waals surface area contributed by atoms with Crippen molar-refractivity contribution in [1.29, 1.82) is 0 Å². The number of hydrogen-bond acceptors (Lipinski definition) is 1. The number of unbranched alkanes of at least 4 members (excludes halogenated alkanes) is 1. The van der Waals surface area contributed by atoms with Crippen LogP contribution >= 0.6 is 15.9 Å². The van der Waals surface area contributed by atoms with E-state index in [4.69, 9.17) is 0 Å². The van der Waals surface area contributed by atoms with Gasteiger partial charge >= 0.3 is 0 Å². The summed E-state index contributed by atoms with van der Waals surface area (Å²) in [6.45, 7) is 6.83. The van der Waals surface area contributed by atoms with Crippen molar-refractivity contribution < 1.29 is 0 Å². The van der Waals surface area contributed by atoms with Gasteiger partial charge in [-0.25, -0.2) is 0 Å². The molecule has 0 aromatic heterocycles. The Morgan fingerprint density at radius 2 is 1.94 bits per heavy atom. The first-order valence-corrected chi connectivity index (χ1v) is 7.26. The average Bonchev–Trinajstić information content (AvgIpc) is 2.35. The molecular weight excluding hydrogens is 262 g/mol. The van der Waals surface area contributed by atoms with E-state index in [0.717, 1.165) is 18.4 Å². The van der Waals surface area contributed by atoms with E-state index in [0.29, 0.717) is 5.92 Å². The zero-order valence-corrected chi connectivity index (χ0v) is 11.9. The lowest BCUT2D eigenvalue weighted by Crippen LogP contribution is -2.30. The highest BCUT2D eigenvalue weighted by Gasteiger charge is 2.09. The third-order valence-electron chi connectivity index (χ3n) is 2.70. The third-order valence-corrected chi connectivity index (χ3v) is 3.80. The summed E-state index contributed by atoms with van der Waals surface area (Å²) in [5.74, 6) is 0.692. The van der Waals surface area contributed by atoms with Crippen molar-refractivity contribution in [3.05, 3.63) is 30.3 Å². The molecule has 1 rings (SSSR count). The fourth-order valence-corrected chi connectivity index (χ4v) is 1.94. The summed E-state index contributed by atoms with van der Waals surface area (Å²) < 4.78 is 0. The highest BCUT2D eigenvalue weighted by molar-refractivity contribution is 9.09. The predicted molar refractivity (Wildman–Crippen MR) is 76.5 cm³/mol. The van der Waals surface area contributed by atoms with Crippen molar-refractivity contribution in [3.8, 4) is 0 Å². The quantitative estimate of drug-likeness (QED) is 0.674. The Kier molecular flexibility index (Phi) is 6.55. The SMILES string of the molecule is CCCCN(CC(C)CBr)c1ccccc1. The van der Waals surface area contributed by atoms with Crippen molar-refractivity contribution >= 4 is 21.6 Å². The second kappa shape index (κ2) is 7.72. The molecule has 1 aromatic rings. The molecule has 0 aliphatic rings. The molecule has 1 atom stereocenters. The number of halogens is 1. The normalized spacial score (nSPS) is 12.4. The minimum Gasteiger partial charge on any atom is -0.371 e. The van der Waals surface area contributed by atoms with Crippen LogP contribution in [-0.4, -0.2) is 18.4 Å². The van der Waals surface area contributed by atoms with Gasteiger partial charge in [0.1, 0.15) is 0 Å². The van der Waals surface area contributed by atoms with Crippen LogP contribution in [0.2, 0.25) is 0 Å². The van der Waals surface area contributed by atoms with Gasteiger partial charge in [0.05, 0.1) is 0 Å². The molecule has 90 valence electrons. The van der Waals surface area contributed by atoms with E-state index >= 15 is 0 Å². The van der Waals surface area contributed by atoms with Crippen LogP contribution in [0, 0.1) is 5.92 Å². The summed E-state index contributed by atoms with van der Waals surface area (Å²) in [7, 11) is 0. The Morgan fingerprint density at radius 1 is 1.25 bits per heavy atom. The Balaban J connectivity index is 2.63. The number of nitrogens with zero attached hydrogens (tertiary/aromatic N) is 1. The van der Waals surface area contributed by atoms with Crippen LogP contribution in [0.4, 0.5) is 5.69 Å². The van der Waals surface area contributed by atoms with Crippen molar-refractivity contribution in [1.82, 2.24) is 0 Å². The van der Waals surface area contributed by atoms with Gasteiger partial charge in [-0.2, -0.15) is 0 Å². The monoisotopic (exact) mass is 283 g/mol. The average molecular weight is 284 g/mol. The summed E-state index contributed by atoms with van der Waals surface area (Å²) in [6.07, 6.45) is 2.52. The molecule has 0 saturated heterocycles. The Labute approximate surface area is 108 Å². The molecule has 1 unspecified atom stereocenters. The number of hydrogen-bond donors (Lipinski definition) is 0. The van der Waals surface area contributed by atoms with E-state index in [1.165, 1.54) is 18.5 Å². The molecule has 16 heavy (non-hydrogen) atoms. The molecule has 0 spiro atoms. The van der Waals surface area contributed by atoms with Crippen LogP contribution in [0.3, 0.4) is 0 Å². The first-order valence-electron chi connectivity index (χ1n) is 6.13. The summed E-state index contributed by atoms with van der Waals surface area (Å²) >= 11 is 3.56. The van der Waals surface area contributed by atoms with Crippen LogP contribution < -0.4 is 4.90 Å². The van der Waals surface area contributed by atoms with Gasteiger partial charge in [-0.1, -0.05) is 54.4 Å². The molecule has 0 radical (unpaired) electrons. The van der Waals surface area contributed by atoms with Gasteiger partial charge in [0.2, 0.25) is 0 Å². The smallest absolute Gasteiger partial charge is 0.0366 e. The number of anilines is 1. The zero-order valence-electron chi connectivity index (χ0n) is 10.3. The van der Waals surface area contributed by atoms with Gasteiger partial charge < -0.3 is 4.90 Å². The van der Waals surface area contributed by atoms with Crippen molar-refractivity contribution in [2.45, 2.75) is 26.7 Å². The Hall–Kier alpha value is -0.500. The molecule has 1 aromatic carbocycles. The molecule has 0 bridgehead atoms. The lowest BCUT2D eigenvalue weighted by atomic mass is 10.1. The van der Waals surface area contributed by atoms with Crippen LogP contribution in [0.1, 0.15) is 26.7 Å². The summed E-state index contributed by atoms with van der Waals surface area (Å²) in [5, 5.41) is 1.07. The molecule has 0 heterocycles. The topological polar surface area (TPSA) is 3.24 Å². The molecule has 0 N–H and O–H groups in total.